The summed E-state index contributed by atoms with van der Waals surface area (Å²) in [5.74, 6) is -0.0670. The number of rotatable bonds is 7. The van der Waals surface area contributed by atoms with Crippen LogP contribution in [0.15, 0.2) is 84.4 Å². The number of fused-ring (bicyclic) bond motifs is 2. The number of nitrogens with zero attached hydrogens (tertiary/aromatic N) is 2. The van der Waals surface area contributed by atoms with Gasteiger partial charge in [-0.05, 0) is 72.5 Å². The summed E-state index contributed by atoms with van der Waals surface area (Å²) in [6, 6.07) is 22.9. The van der Waals surface area contributed by atoms with Crippen molar-refractivity contribution in [3.05, 3.63) is 112 Å². The Bertz CT molecular complexity index is 2040. The molecule has 0 aliphatic carbocycles. The number of benzene rings is 4. The SMILES string of the molecule is COc1cc(C2/C(=C(\O)c3ccc4c(c3)OCCO4)C(=O)C(=O)N2c2nc3c(C)cc(C)cc3s2)ccc1OCc1ccccc1. The number of thiazole rings is 1. The van der Waals surface area contributed by atoms with Gasteiger partial charge in [0, 0.05) is 5.56 Å². The third-order valence-electron chi connectivity index (χ3n) is 8.03. The molecule has 10 heteroatoms. The van der Waals surface area contributed by atoms with Gasteiger partial charge in [-0.25, -0.2) is 4.98 Å². The van der Waals surface area contributed by atoms with Gasteiger partial charge in [-0.2, -0.15) is 0 Å². The van der Waals surface area contributed by atoms with Crippen molar-refractivity contribution in [1.29, 1.82) is 0 Å². The second-order valence-corrected chi connectivity index (χ2v) is 12.1. The van der Waals surface area contributed by atoms with E-state index in [9.17, 15) is 14.7 Å². The molecule has 2 aliphatic rings. The molecule has 0 spiro atoms. The molecule has 1 amide bonds. The lowest BCUT2D eigenvalue weighted by atomic mass is 9.95. The molecule has 0 radical (unpaired) electrons. The molecule has 46 heavy (non-hydrogen) atoms. The van der Waals surface area contributed by atoms with Gasteiger partial charge in [0.1, 0.15) is 25.6 Å². The molecular weight excluding hydrogens is 604 g/mol. The Hall–Kier alpha value is -5.35. The van der Waals surface area contributed by atoms with E-state index in [0.717, 1.165) is 26.9 Å². The molecule has 3 heterocycles. The number of amides is 1. The van der Waals surface area contributed by atoms with Gasteiger partial charge in [0.25, 0.3) is 5.78 Å². The molecule has 1 fully saturated rings. The maximum atomic E-state index is 13.9. The van der Waals surface area contributed by atoms with Crippen LogP contribution in [0.5, 0.6) is 23.0 Å². The summed E-state index contributed by atoms with van der Waals surface area (Å²) in [5.41, 5.74) is 4.54. The van der Waals surface area contributed by atoms with Crippen LogP contribution in [0.2, 0.25) is 0 Å². The zero-order valence-electron chi connectivity index (χ0n) is 25.4. The number of aliphatic hydroxyl groups is 1. The van der Waals surface area contributed by atoms with Gasteiger partial charge in [0.15, 0.2) is 28.1 Å². The standard InChI is InChI=1S/C36H30N2O7S/c1-20-15-21(2)31-29(16-20)46-36(37-31)38-32(23-9-11-25(27(17-23)42-3)45-19-22-7-5-4-6-8-22)30(34(40)35(38)41)33(39)24-10-12-26-28(18-24)44-14-13-43-26/h4-12,15-18,32,39H,13-14,19H2,1-3H3/b33-30+. The maximum Gasteiger partial charge on any atom is 0.301 e. The van der Waals surface area contributed by atoms with E-state index in [-0.39, 0.29) is 11.3 Å². The van der Waals surface area contributed by atoms with Gasteiger partial charge in [-0.1, -0.05) is 53.8 Å². The first-order valence-electron chi connectivity index (χ1n) is 14.8. The molecule has 4 aromatic carbocycles. The highest BCUT2D eigenvalue weighted by molar-refractivity contribution is 7.22. The van der Waals surface area contributed by atoms with Crippen LogP contribution in [0.3, 0.4) is 0 Å². The summed E-state index contributed by atoms with van der Waals surface area (Å²) >= 11 is 1.32. The summed E-state index contributed by atoms with van der Waals surface area (Å²) in [4.78, 5) is 33.9. The Morgan fingerprint density at radius 3 is 2.52 bits per heavy atom. The quantitative estimate of drug-likeness (QED) is 0.117. The highest BCUT2D eigenvalue weighted by Gasteiger charge is 2.48. The van der Waals surface area contributed by atoms with E-state index in [0.29, 0.717) is 59.1 Å². The lowest BCUT2D eigenvalue weighted by Crippen LogP contribution is -2.29. The fraction of sp³-hybridized carbons (Fsp3) is 0.194. The Labute approximate surface area is 269 Å². The Balaban J connectivity index is 1.36. The van der Waals surface area contributed by atoms with Crippen LogP contribution in [0.25, 0.3) is 16.0 Å². The largest absolute Gasteiger partial charge is 0.507 e. The van der Waals surface area contributed by atoms with Crippen molar-refractivity contribution in [1.82, 2.24) is 4.98 Å². The predicted octanol–water partition coefficient (Wildman–Crippen LogP) is 6.90. The van der Waals surface area contributed by atoms with E-state index < -0.39 is 17.7 Å². The van der Waals surface area contributed by atoms with Gasteiger partial charge in [0.05, 0.1) is 28.9 Å². The van der Waals surface area contributed by atoms with E-state index in [1.54, 1.807) is 36.4 Å². The monoisotopic (exact) mass is 634 g/mol. The number of aryl methyl sites for hydroxylation is 2. The van der Waals surface area contributed by atoms with Crippen LogP contribution in [0, 0.1) is 13.8 Å². The predicted molar refractivity (Wildman–Crippen MR) is 175 cm³/mol. The minimum Gasteiger partial charge on any atom is -0.507 e. The highest BCUT2D eigenvalue weighted by Crippen LogP contribution is 2.47. The fourth-order valence-corrected chi connectivity index (χ4v) is 7.03. The first kappa shape index (κ1) is 29.4. The zero-order chi connectivity index (χ0) is 31.9. The summed E-state index contributed by atoms with van der Waals surface area (Å²) in [7, 11) is 1.53. The summed E-state index contributed by atoms with van der Waals surface area (Å²) < 4.78 is 24.0. The molecular formula is C36H30N2O7S. The molecule has 232 valence electrons. The van der Waals surface area contributed by atoms with Crippen LogP contribution >= 0.6 is 11.3 Å². The Morgan fingerprint density at radius 2 is 1.74 bits per heavy atom. The molecule has 1 aromatic heterocycles. The van der Waals surface area contributed by atoms with Crippen molar-refractivity contribution in [3.8, 4) is 23.0 Å². The molecule has 9 nitrogen and oxygen atoms in total. The third-order valence-corrected chi connectivity index (χ3v) is 9.03. The maximum absolute atomic E-state index is 13.9. The number of ether oxygens (including phenoxy) is 4. The number of carbonyl (C=O) groups is 2. The number of aliphatic hydroxyl groups excluding tert-OH is 1. The molecule has 2 aliphatic heterocycles. The second kappa shape index (κ2) is 11.9. The molecule has 0 saturated carbocycles. The van der Waals surface area contributed by atoms with Crippen molar-refractivity contribution in [3.63, 3.8) is 0 Å². The van der Waals surface area contributed by atoms with Gasteiger partial charge in [-0.15, -0.1) is 0 Å². The summed E-state index contributed by atoms with van der Waals surface area (Å²) in [6.45, 7) is 5.06. The number of ketones is 1. The average molecular weight is 635 g/mol. The van der Waals surface area contributed by atoms with E-state index >= 15 is 0 Å². The van der Waals surface area contributed by atoms with Crippen LogP contribution < -0.4 is 23.8 Å². The molecule has 5 aromatic rings. The van der Waals surface area contributed by atoms with Gasteiger partial charge >= 0.3 is 5.91 Å². The lowest BCUT2D eigenvalue weighted by Gasteiger charge is -2.24. The topological polar surface area (TPSA) is 107 Å². The molecule has 1 saturated heterocycles. The first-order valence-corrected chi connectivity index (χ1v) is 15.6. The van der Waals surface area contributed by atoms with E-state index in [1.807, 2.05) is 56.3 Å². The van der Waals surface area contributed by atoms with Crippen LogP contribution in [-0.2, 0) is 16.2 Å². The number of methoxy groups -OCH3 is 1. The first-order chi connectivity index (χ1) is 22.3. The van der Waals surface area contributed by atoms with E-state index in [4.69, 9.17) is 23.9 Å². The summed E-state index contributed by atoms with van der Waals surface area (Å²) in [5, 5.41) is 12.1. The van der Waals surface area contributed by atoms with Gasteiger partial charge < -0.3 is 24.1 Å². The molecule has 1 N–H and O–H groups in total. The molecule has 1 unspecified atom stereocenters. The van der Waals surface area contributed by atoms with E-state index in [2.05, 4.69) is 0 Å². The summed E-state index contributed by atoms with van der Waals surface area (Å²) in [6.07, 6.45) is 0. The van der Waals surface area contributed by atoms with Crippen molar-refractivity contribution < 1.29 is 33.6 Å². The fourth-order valence-electron chi connectivity index (χ4n) is 5.86. The number of Topliss-reactive ketones (excluding diaryl/α,β-unsaturated/α-hetero) is 1. The zero-order valence-corrected chi connectivity index (χ0v) is 26.2. The minimum atomic E-state index is -1.01. The Morgan fingerprint density at radius 1 is 0.957 bits per heavy atom. The number of carbonyl (C=O) groups excluding carboxylic acids is 2. The van der Waals surface area contributed by atoms with Crippen molar-refractivity contribution in [2.24, 2.45) is 0 Å². The average Bonchev–Trinajstić information content (AvgIpc) is 3.61. The van der Waals surface area contributed by atoms with Crippen molar-refractivity contribution in [2.75, 3.05) is 25.2 Å². The number of hydrogen-bond donors (Lipinski definition) is 1. The normalized spacial score (nSPS) is 17.0. The van der Waals surface area contributed by atoms with E-state index in [1.165, 1.54) is 23.3 Å². The van der Waals surface area contributed by atoms with Crippen LogP contribution in [0.4, 0.5) is 5.13 Å². The lowest BCUT2D eigenvalue weighted by molar-refractivity contribution is -0.132. The minimum absolute atomic E-state index is 0.0751. The number of aromatic nitrogens is 1. The third kappa shape index (κ3) is 5.20. The smallest absolute Gasteiger partial charge is 0.301 e. The molecule has 0 bridgehead atoms. The molecule has 7 rings (SSSR count). The Kier molecular flexibility index (Phi) is 7.58. The number of anilines is 1. The van der Waals surface area contributed by atoms with Crippen molar-refractivity contribution in [2.45, 2.75) is 26.5 Å². The second-order valence-electron chi connectivity index (χ2n) is 11.1. The van der Waals surface area contributed by atoms with Gasteiger partial charge in [-0.3, -0.25) is 14.5 Å². The van der Waals surface area contributed by atoms with Crippen molar-refractivity contribution >= 4 is 44.1 Å². The van der Waals surface area contributed by atoms with Crippen LogP contribution in [0.1, 0.15) is 33.9 Å². The highest BCUT2D eigenvalue weighted by atomic mass is 32.1. The number of hydrogen-bond acceptors (Lipinski definition) is 9. The van der Waals surface area contributed by atoms with Crippen LogP contribution in [-0.4, -0.2) is 42.1 Å². The van der Waals surface area contributed by atoms with Gasteiger partial charge in [0.2, 0.25) is 0 Å². The molecule has 1 atom stereocenters.